The minimum Gasteiger partial charge on any atom is -0.456 e. The number of hydrogen-bond acceptors (Lipinski definition) is 4. The first-order valence-electron chi connectivity index (χ1n) is 22.2. The first-order valence-corrected chi connectivity index (χ1v) is 22.2. The molecule has 5 heteroatoms. The summed E-state index contributed by atoms with van der Waals surface area (Å²) in [6.45, 7) is 14.0. The Morgan fingerprint density at radius 3 is 1.22 bits per heavy atom. The van der Waals surface area contributed by atoms with E-state index in [9.17, 15) is 0 Å². The number of fused-ring (bicyclic) bond motifs is 14. The van der Waals surface area contributed by atoms with Gasteiger partial charge in [-0.25, -0.2) is 0 Å². The molecule has 4 nitrogen and oxygen atoms in total. The Labute approximate surface area is 367 Å². The Morgan fingerprint density at radius 2 is 0.778 bits per heavy atom. The van der Waals surface area contributed by atoms with Crippen LogP contribution < -0.4 is 26.2 Å². The van der Waals surface area contributed by atoms with Crippen LogP contribution in [0, 0.1) is 0 Å². The Morgan fingerprint density at radius 1 is 0.365 bits per heavy atom. The van der Waals surface area contributed by atoms with Crippen LogP contribution in [0.4, 0.5) is 34.1 Å². The molecule has 4 heterocycles. The van der Waals surface area contributed by atoms with E-state index in [0.29, 0.717) is 0 Å². The zero-order chi connectivity index (χ0) is 42.5. The molecule has 2 aliphatic rings. The van der Waals surface area contributed by atoms with Gasteiger partial charge in [-0.05, 0) is 108 Å². The third-order valence-corrected chi connectivity index (χ3v) is 13.8. The van der Waals surface area contributed by atoms with Crippen LogP contribution in [0.15, 0.2) is 173 Å². The van der Waals surface area contributed by atoms with Crippen molar-refractivity contribution in [3.8, 4) is 0 Å². The molecule has 0 radical (unpaired) electrons. The highest BCUT2D eigenvalue weighted by Gasteiger charge is 2.46. The highest BCUT2D eigenvalue weighted by atomic mass is 16.3. The first kappa shape index (κ1) is 36.4. The maximum Gasteiger partial charge on any atom is 0.252 e. The van der Waals surface area contributed by atoms with Gasteiger partial charge in [0.05, 0.1) is 33.5 Å². The van der Waals surface area contributed by atoms with Crippen LogP contribution in [0.3, 0.4) is 0 Å². The zero-order valence-electron chi connectivity index (χ0n) is 36.4. The number of benzene rings is 9. The molecule has 0 saturated carbocycles. The maximum absolute atomic E-state index is 6.74. The predicted octanol–water partition coefficient (Wildman–Crippen LogP) is 14.5. The molecule has 0 fully saturated rings. The minimum absolute atomic E-state index is 0.0955. The van der Waals surface area contributed by atoms with Crippen LogP contribution in [-0.4, -0.2) is 6.71 Å². The average molecular weight is 813 g/mol. The van der Waals surface area contributed by atoms with Crippen molar-refractivity contribution < 1.29 is 8.83 Å². The van der Waals surface area contributed by atoms with Gasteiger partial charge in [-0.3, -0.25) is 0 Å². The van der Waals surface area contributed by atoms with E-state index in [1.54, 1.807) is 0 Å². The van der Waals surface area contributed by atoms with Gasteiger partial charge in [-0.15, -0.1) is 0 Å². The van der Waals surface area contributed by atoms with Crippen molar-refractivity contribution in [1.82, 2.24) is 0 Å². The van der Waals surface area contributed by atoms with Gasteiger partial charge >= 0.3 is 0 Å². The van der Waals surface area contributed by atoms with Crippen molar-refractivity contribution in [1.29, 1.82) is 0 Å². The molecule has 0 unspecified atom stereocenters. The van der Waals surface area contributed by atoms with Crippen molar-refractivity contribution >= 4 is 123 Å². The molecule has 0 spiro atoms. The summed E-state index contributed by atoms with van der Waals surface area (Å²) in [5.41, 5.74) is 16.7. The molecule has 302 valence electrons. The summed E-state index contributed by atoms with van der Waals surface area (Å²) in [5.74, 6) is 0. The molecular formula is C58H45BN2O2. The second-order valence-corrected chi connectivity index (χ2v) is 19.6. The maximum atomic E-state index is 6.74. The molecule has 0 amide bonds. The normalized spacial score (nSPS) is 13.8. The van der Waals surface area contributed by atoms with Crippen LogP contribution in [0.1, 0.15) is 52.7 Å². The topological polar surface area (TPSA) is 32.8 Å². The fourth-order valence-corrected chi connectivity index (χ4v) is 11.5. The lowest BCUT2D eigenvalue weighted by Crippen LogP contribution is -2.61. The molecule has 63 heavy (non-hydrogen) atoms. The van der Waals surface area contributed by atoms with E-state index in [1.807, 2.05) is 0 Å². The van der Waals surface area contributed by atoms with Gasteiger partial charge in [-0.2, -0.15) is 0 Å². The molecule has 0 N–H and O–H groups in total. The van der Waals surface area contributed by atoms with Crippen molar-refractivity contribution in [3.05, 3.63) is 175 Å². The van der Waals surface area contributed by atoms with E-state index in [0.717, 1.165) is 43.9 Å². The van der Waals surface area contributed by atoms with Gasteiger partial charge in [0.1, 0.15) is 22.3 Å². The largest absolute Gasteiger partial charge is 0.456 e. The van der Waals surface area contributed by atoms with Gasteiger partial charge in [0, 0.05) is 22.1 Å². The molecule has 11 aromatic rings. The number of rotatable bonds is 2. The number of anilines is 6. The number of nitrogens with zero attached hydrogens (tertiary/aromatic N) is 2. The van der Waals surface area contributed by atoms with Crippen LogP contribution >= 0.6 is 0 Å². The highest BCUT2D eigenvalue weighted by molar-refractivity contribution is 7.01. The second kappa shape index (κ2) is 12.7. The number of hydrogen-bond donors (Lipinski definition) is 0. The molecule has 0 bridgehead atoms. The molecule has 2 aliphatic heterocycles. The fourth-order valence-electron chi connectivity index (χ4n) is 11.5. The smallest absolute Gasteiger partial charge is 0.252 e. The highest BCUT2D eigenvalue weighted by Crippen LogP contribution is 2.53. The third kappa shape index (κ3) is 4.99. The quantitative estimate of drug-likeness (QED) is 0.163. The molecule has 13 rings (SSSR count). The molecule has 9 aromatic carbocycles. The zero-order valence-corrected chi connectivity index (χ0v) is 36.4. The molecule has 0 aliphatic carbocycles. The van der Waals surface area contributed by atoms with Crippen molar-refractivity contribution in [2.75, 3.05) is 9.80 Å². The number of furan rings is 2. The summed E-state index contributed by atoms with van der Waals surface area (Å²) >= 11 is 0. The van der Waals surface area contributed by atoms with Gasteiger partial charge in [0.15, 0.2) is 0 Å². The van der Waals surface area contributed by atoms with Crippen molar-refractivity contribution in [2.45, 2.75) is 52.4 Å². The summed E-state index contributed by atoms with van der Waals surface area (Å²) in [5, 5.41) is 9.53. The van der Waals surface area contributed by atoms with Gasteiger partial charge in [0.25, 0.3) is 6.71 Å². The van der Waals surface area contributed by atoms with E-state index in [4.69, 9.17) is 8.83 Å². The van der Waals surface area contributed by atoms with Crippen molar-refractivity contribution in [2.24, 2.45) is 0 Å². The van der Waals surface area contributed by atoms with Crippen molar-refractivity contribution in [3.63, 3.8) is 0 Å². The monoisotopic (exact) mass is 812 g/mol. The summed E-state index contributed by atoms with van der Waals surface area (Å²) in [6, 6.07) is 60.3. The average Bonchev–Trinajstić information content (AvgIpc) is 3.86. The lowest BCUT2D eigenvalue weighted by atomic mass is 9.33. The van der Waals surface area contributed by atoms with E-state index in [1.165, 1.54) is 83.2 Å². The molecule has 0 saturated heterocycles. The van der Waals surface area contributed by atoms with E-state index in [2.05, 4.69) is 215 Å². The minimum atomic E-state index is -0.187. The first-order chi connectivity index (χ1) is 30.6. The SMILES string of the molecule is CC(C)(C)c1c(N2c3cccc4c3B(c3ccc5oc6ccccc6c5c32)c2ccc3oc5ccccc5c3c2N4c2ccc3ccccc3c2C(C)(C)C)ccc2ccccc12. The fraction of sp³-hybridized carbons (Fsp3) is 0.138. The summed E-state index contributed by atoms with van der Waals surface area (Å²) < 4.78 is 13.5. The van der Waals surface area contributed by atoms with Gasteiger partial charge in [0.2, 0.25) is 0 Å². The van der Waals surface area contributed by atoms with Crippen LogP contribution in [0.5, 0.6) is 0 Å². The lowest BCUT2D eigenvalue weighted by molar-refractivity contribution is 0.596. The van der Waals surface area contributed by atoms with E-state index in [-0.39, 0.29) is 17.5 Å². The Kier molecular flexibility index (Phi) is 7.33. The Balaban J connectivity index is 1.23. The number of para-hydroxylation sites is 2. The van der Waals surface area contributed by atoms with Crippen LogP contribution in [0.25, 0.3) is 65.4 Å². The van der Waals surface area contributed by atoms with Crippen LogP contribution in [-0.2, 0) is 10.8 Å². The van der Waals surface area contributed by atoms with E-state index < -0.39 is 0 Å². The lowest BCUT2D eigenvalue weighted by Gasteiger charge is -2.46. The second-order valence-electron chi connectivity index (χ2n) is 19.6. The standard InChI is InChI=1S/C58H45BN2O2/c1-57(2,3)52-36-18-9-7-16-34(36)26-30-42(52)60-44-22-15-23-45-54(44)59(40-28-32-48-50(55(40)60)38-20-11-13-24-46(38)62-48)41-29-33-49-51(39-21-12-14-25-47(39)63-49)56(41)61(45)43-31-27-35-17-8-10-19-37(35)53(43)58(4,5)6/h7-33H,1-6H3. The summed E-state index contributed by atoms with van der Waals surface area (Å²) in [7, 11) is 0. The summed E-state index contributed by atoms with van der Waals surface area (Å²) in [4.78, 5) is 5.20. The van der Waals surface area contributed by atoms with Gasteiger partial charge < -0.3 is 18.6 Å². The third-order valence-electron chi connectivity index (χ3n) is 13.8. The molecular weight excluding hydrogens is 767 g/mol. The molecule has 2 aromatic heterocycles. The Hall–Kier alpha value is -7.24. The predicted molar refractivity (Wildman–Crippen MR) is 267 cm³/mol. The van der Waals surface area contributed by atoms with E-state index >= 15 is 0 Å². The Bertz CT molecular complexity index is 3510. The van der Waals surface area contributed by atoms with Gasteiger partial charge in [-0.1, -0.05) is 157 Å². The molecule has 0 atom stereocenters. The summed E-state index contributed by atoms with van der Waals surface area (Å²) in [6.07, 6.45) is 0. The van der Waals surface area contributed by atoms with Crippen LogP contribution in [0.2, 0.25) is 0 Å².